The maximum atomic E-state index is 13.5. The maximum absolute atomic E-state index is 13.5. The van der Waals surface area contributed by atoms with Gasteiger partial charge in [-0.05, 0) is 30.3 Å². The maximum Gasteiger partial charge on any atom is 0.268 e. The Labute approximate surface area is 170 Å². The summed E-state index contributed by atoms with van der Waals surface area (Å²) in [5.74, 6) is 0.596. The Balaban J connectivity index is 1.69. The van der Waals surface area contributed by atoms with Gasteiger partial charge < -0.3 is 10.2 Å². The third kappa shape index (κ3) is 4.95. The second kappa shape index (κ2) is 8.66. The number of nitrogens with one attached hydrogen (secondary N) is 1. The van der Waals surface area contributed by atoms with E-state index in [1.165, 1.54) is 42.7 Å². The Bertz CT molecular complexity index is 1070. The van der Waals surface area contributed by atoms with E-state index in [1.807, 2.05) is 0 Å². The molecule has 30 heavy (non-hydrogen) atoms. The minimum Gasteiger partial charge on any atom is -0.343 e. The molecule has 1 aliphatic heterocycles. The molecule has 0 saturated carbocycles. The van der Waals surface area contributed by atoms with Gasteiger partial charge in [-0.1, -0.05) is 11.8 Å². The molecule has 2 aromatic rings. The molecular formula is C21H15F3N4O2. The van der Waals surface area contributed by atoms with Crippen LogP contribution in [-0.4, -0.2) is 46.8 Å². The molecule has 0 spiro atoms. The summed E-state index contributed by atoms with van der Waals surface area (Å²) >= 11 is 0. The lowest BCUT2D eigenvalue weighted by molar-refractivity contribution is -0.131. The van der Waals surface area contributed by atoms with Gasteiger partial charge in [0.2, 0.25) is 5.91 Å². The molecule has 0 aliphatic carbocycles. The molecule has 2 amide bonds. The van der Waals surface area contributed by atoms with Crippen molar-refractivity contribution >= 4 is 11.8 Å². The minimum atomic E-state index is -3.13. The van der Waals surface area contributed by atoms with Crippen LogP contribution < -0.4 is 5.32 Å². The first-order valence-corrected chi connectivity index (χ1v) is 8.86. The van der Waals surface area contributed by atoms with Gasteiger partial charge in [-0.3, -0.25) is 14.6 Å². The van der Waals surface area contributed by atoms with E-state index in [0.29, 0.717) is 5.56 Å². The zero-order valence-electron chi connectivity index (χ0n) is 15.5. The smallest absolute Gasteiger partial charge is 0.268 e. The van der Waals surface area contributed by atoms with Crippen molar-refractivity contribution in [1.82, 2.24) is 15.2 Å². The molecule has 1 aromatic heterocycles. The van der Waals surface area contributed by atoms with Crippen LogP contribution in [0.2, 0.25) is 0 Å². The lowest BCUT2D eigenvalue weighted by Crippen LogP contribution is -2.43. The van der Waals surface area contributed by atoms with E-state index >= 15 is 0 Å². The van der Waals surface area contributed by atoms with Crippen LogP contribution in [0.25, 0.3) is 0 Å². The number of rotatable bonds is 3. The van der Waals surface area contributed by atoms with Crippen molar-refractivity contribution in [2.24, 2.45) is 0 Å². The lowest BCUT2D eigenvalue weighted by Gasteiger charge is -2.19. The molecular weight excluding hydrogens is 397 g/mol. The summed E-state index contributed by atoms with van der Waals surface area (Å²) in [4.78, 5) is 29.4. The number of hydrogen-bond acceptors (Lipinski definition) is 4. The van der Waals surface area contributed by atoms with Crippen LogP contribution in [-0.2, 0) is 4.79 Å². The van der Waals surface area contributed by atoms with Gasteiger partial charge in [-0.15, -0.1) is 0 Å². The van der Waals surface area contributed by atoms with E-state index in [1.54, 1.807) is 6.07 Å². The minimum absolute atomic E-state index is 0.135. The zero-order chi connectivity index (χ0) is 21.7. The Morgan fingerprint density at radius 2 is 1.97 bits per heavy atom. The summed E-state index contributed by atoms with van der Waals surface area (Å²) in [6, 6.07) is 7.31. The molecule has 2 heterocycles. The van der Waals surface area contributed by atoms with Crippen molar-refractivity contribution in [2.75, 3.05) is 13.1 Å². The molecule has 3 rings (SSSR count). The van der Waals surface area contributed by atoms with E-state index in [9.17, 15) is 22.8 Å². The van der Waals surface area contributed by atoms with Gasteiger partial charge in [0.15, 0.2) is 0 Å². The van der Waals surface area contributed by atoms with Gasteiger partial charge in [0.25, 0.3) is 11.8 Å². The van der Waals surface area contributed by atoms with Crippen molar-refractivity contribution in [1.29, 1.82) is 5.26 Å². The number of halogens is 3. The van der Waals surface area contributed by atoms with Gasteiger partial charge in [-0.25, -0.2) is 13.2 Å². The fourth-order valence-electron chi connectivity index (χ4n) is 2.91. The van der Waals surface area contributed by atoms with Crippen molar-refractivity contribution in [3.8, 4) is 17.9 Å². The number of benzene rings is 1. The molecule has 1 aromatic carbocycles. The first-order chi connectivity index (χ1) is 14.3. The number of alkyl halides is 2. The lowest BCUT2D eigenvalue weighted by atomic mass is 10.1. The van der Waals surface area contributed by atoms with Gasteiger partial charge in [-0.2, -0.15) is 5.26 Å². The molecule has 1 fully saturated rings. The summed E-state index contributed by atoms with van der Waals surface area (Å²) in [5.41, 5.74) is 0.935. The molecule has 0 bridgehead atoms. The molecule has 1 N–H and O–H groups in total. The quantitative estimate of drug-likeness (QED) is 0.783. The zero-order valence-corrected chi connectivity index (χ0v) is 15.5. The number of likely N-dealkylation sites (tertiary alicyclic amines) is 1. The normalized spacial score (nSPS) is 16.9. The highest BCUT2D eigenvalue weighted by molar-refractivity contribution is 5.98. The predicted molar refractivity (Wildman–Crippen MR) is 99.6 cm³/mol. The highest BCUT2D eigenvalue weighted by Gasteiger charge is 2.47. The summed E-state index contributed by atoms with van der Waals surface area (Å²) in [6.07, 6.45) is 2.00. The summed E-state index contributed by atoms with van der Waals surface area (Å²) < 4.78 is 39.9. The number of carbonyl (C=O) groups is 2. The number of aromatic nitrogens is 1. The standard InChI is InChI=1S/C21H15F3N4O2/c22-16-5-2-14(3-6-16)1-4-15-11-26-8-7-18(15)20(30)27-12-19(29)28-13-21(23,24)9-17(28)10-25/h2-3,5-8,11,17H,9,12-13H2,(H,27,30)/t17-/m0/s1. The Morgan fingerprint density at radius 1 is 1.23 bits per heavy atom. The van der Waals surface area contributed by atoms with Crippen LogP contribution in [0.3, 0.4) is 0 Å². The topological polar surface area (TPSA) is 86.1 Å². The van der Waals surface area contributed by atoms with Crippen molar-refractivity contribution in [3.63, 3.8) is 0 Å². The van der Waals surface area contributed by atoms with Gasteiger partial charge in [0.05, 0.1) is 30.3 Å². The van der Waals surface area contributed by atoms with Gasteiger partial charge in [0, 0.05) is 24.4 Å². The molecule has 1 saturated heterocycles. The van der Waals surface area contributed by atoms with Gasteiger partial charge in [0.1, 0.15) is 11.9 Å². The SMILES string of the molecule is N#C[C@@H]1CC(F)(F)CN1C(=O)CNC(=O)c1ccncc1C#Cc1ccc(F)cc1. The van der Waals surface area contributed by atoms with Crippen LogP contribution in [0, 0.1) is 29.0 Å². The predicted octanol–water partition coefficient (Wildman–Crippen LogP) is 2.11. The fourth-order valence-corrected chi connectivity index (χ4v) is 2.91. The largest absolute Gasteiger partial charge is 0.343 e. The van der Waals surface area contributed by atoms with E-state index in [0.717, 1.165) is 4.90 Å². The third-order valence-electron chi connectivity index (χ3n) is 4.39. The monoisotopic (exact) mass is 412 g/mol. The van der Waals surface area contributed by atoms with Crippen molar-refractivity contribution in [3.05, 3.63) is 65.2 Å². The second-order valence-corrected chi connectivity index (χ2v) is 6.59. The number of carbonyl (C=O) groups excluding carboxylic acids is 2. The molecule has 152 valence electrons. The summed E-state index contributed by atoms with van der Waals surface area (Å²) in [6.45, 7) is -1.40. The molecule has 6 nitrogen and oxygen atoms in total. The van der Waals surface area contributed by atoms with Crippen LogP contribution in [0.5, 0.6) is 0 Å². The van der Waals surface area contributed by atoms with Crippen LogP contribution in [0.1, 0.15) is 27.9 Å². The average molecular weight is 412 g/mol. The molecule has 1 aliphatic rings. The van der Waals surface area contributed by atoms with Gasteiger partial charge >= 0.3 is 0 Å². The number of hydrogen-bond donors (Lipinski definition) is 1. The fraction of sp³-hybridized carbons (Fsp3) is 0.238. The van der Waals surface area contributed by atoms with Crippen molar-refractivity contribution in [2.45, 2.75) is 18.4 Å². The average Bonchev–Trinajstić information content (AvgIpc) is 3.06. The third-order valence-corrected chi connectivity index (χ3v) is 4.39. The van der Waals surface area contributed by atoms with E-state index < -0.39 is 49.1 Å². The number of nitriles is 1. The Kier molecular flexibility index (Phi) is 6.03. The highest BCUT2D eigenvalue weighted by Crippen LogP contribution is 2.31. The van der Waals surface area contributed by atoms with E-state index in [-0.39, 0.29) is 11.1 Å². The van der Waals surface area contributed by atoms with Crippen LogP contribution in [0.4, 0.5) is 13.2 Å². The number of nitrogens with zero attached hydrogens (tertiary/aromatic N) is 3. The Morgan fingerprint density at radius 3 is 2.67 bits per heavy atom. The molecule has 9 heteroatoms. The summed E-state index contributed by atoms with van der Waals surface area (Å²) in [7, 11) is 0. The van der Waals surface area contributed by atoms with Crippen LogP contribution in [0.15, 0.2) is 42.7 Å². The number of pyridine rings is 1. The second-order valence-electron chi connectivity index (χ2n) is 6.59. The van der Waals surface area contributed by atoms with E-state index in [4.69, 9.17) is 5.26 Å². The first kappa shape index (κ1) is 20.9. The molecule has 0 unspecified atom stereocenters. The number of amides is 2. The first-order valence-electron chi connectivity index (χ1n) is 8.86. The molecule has 1 atom stereocenters. The summed E-state index contributed by atoms with van der Waals surface area (Å²) in [5, 5.41) is 11.3. The molecule has 0 radical (unpaired) electrons. The van der Waals surface area contributed by atoms with E-state index in [2.05, 4.69) is 22.1 Å². The van der Waals surface area contributed by atoms with Crippen LogP contribution >= 0.6 is 0 Å². The van der Waals surface area contributed by atoms with Crippen molar-refractivity contribution < 1.29 is 22.8 Å². The Hall–Kier alpha value is -3.85. The highest BCUT2D eigenvalue weighted by atomic mass is 19.3.